The maximum atomic E-state index is 12.7. The van der Waals surface area contributed by atoms with Gasteiger partial charge in [0.1, 0.15) is 27.9 Å². The maximum absolute atomic E-state index is 12.7. The summed E-state index contributed by atoms with van der Waals surface area (Å²) in [5.41, 5.74) is 0.240. The van der Waals surface area contributed by atoms with Crippen LogP contribution in [0.5, 0.6) is 0 Å². The van der Waals surface area contributed by atoms with Gasteiger partial charge in [-0.25, -0.2) is 9.78 Å². The molecule has 0 aliphatic carbocycles. The zero-order chi connectivity index (χ0) is 21.7. The molecule has 10 heteroatoms. The largest absolute Gasteiger partial charge is 0.468 e. The van der Waals surface area contributed by atoms with Crippen LogP contribution >= 0.6 is 11.3 Å². The Kier molecular flexibility index (Phi) is 7.38. The number of esters is 1. The van der Waals surface area contributed by atoms with Crippen LogP contribution in [0.1, 0.15) is 33.7 Å². The van der Waals surface area contributed by atoms with Crippen molar-refractivity contribution in [3.05, 3.63) is 50.8 Å². The van der Waals surface area contributed by atoms with E-state index in [0.717, 1.165) is 17.1 Å². The summed E-state index contributed by atoms with van der Waals surface area (Å²) in [6.07, 6.45) is 1.02. The maximum Gasteiger partial charge on any atom is 0.348 e. The van der Waals surface area contributed by atoms with Crippen LogP contribution in [0.4, 0.5) is 0 Å². The van der Waals surface area contributed by atoms with E-state index in [1.54, 1.807) is 26.2 Å². The van der Waals surface area contributed by atoms with E-state index in [4.69, 9.17) is 13.9 Å². The highest BCUT2D eigenvalue weighted by Gasteiger charge is 2.21. The van der Waals surface area contributed by atoms with Crippen LogP contribution in [0.2, 0.25) is 0 Å². The van der Waals surface area contributed by atoms with E-state index < -0.39 is 12.1 Å². The number of nitrogens with one attached hydrogen (secondary N) is 1. The Morgan fingerprint density at radius 3 is 2.87 bits per heavy atom. The molecule has 0 saturated heterocycles. The first-order valence-electron chi connectivity index (χ1n) is 9.50. The molecular weight excluding hydrogens is 410 g/mol. The topological polar surface area (TPSA) is 118 Å². The van der Waals surface area contributed by atoms with Gasteiger partial charge in [-0.2, -0.15) is 0 Å². The molecule has 3 aromatic heterocycles. The van der Waals surface area contributed by atoms with Gasteiger partial charge in [-0.15, -0.1) is 11.3 Å². The molecule has 0 amide bonds. The number of aliphatic hydroxyl groups excluding tert-OH is 1. The number of H-pyrrole nitrogens is 1. The minimum atomic E-state index is -0.562. The smallest absolute Gasteiger partial charge is 0.348 e. The molecule has 0 bridgehead atoms. The van der Waals surface area contributed by atoms with Crippen molar-refractivity contribution in [1.82, 2.24) is 14.9 Å². The minimum Gasteiger partial charge on any atom is -0.468 e. The van der Waals surface area contributed by atoms with Gasteiger partial charge in [-0.05, 0) is 31.5 Å². The van der Waals surface area contributed by atoms with E-state index in [1.807, 2.05) is 11.0 Å². The number of aliphatic hydroxyl groups is 1. The Bertz CT molecular complexity index is 1040. The third kappa shape index (κ3) is 5.33. The van der Waals surface area contributed by atoms with Crippen LogP contribution in [0, 0.1) is 6.92 Å². The number of aromatic nitrogens is 2. The number of methoxy groups -OCH3 is 1. The van der Waals surface area contributed by atoms with Crippen LogP contribution in [-0.4, -0.2) is 58.9 Å². The van der Waals surface area contributed by atoms with Crippen molar-refractivity contribution in [3.8, 4) is 0 Å². The summed E-state index contributed by atoms with van der Waals surface area (Å²) in [5.74, 6) is 0.689. The molecule has 0 radical (unpaired) electrons. The van der Waals surface area contributed by atoms with Gasteiger partial charge >= 0.3 is 5.97 Å². The summed E-state index contributed by atoms with van der Waals surface area (Å²) in [6.45, 7) is 4.98. The molecule has 9 nitrogen and oxygen atoms in total. The monoisotopic (exact) mass is 435 g/mol. The molecule has 0 saturated carbocycles. The van der Waals surface area contributed by atoms with Crippen molar-refractivity contribution >= 4 is 27.5 Å². The lowest BCUT2D eigenvalue weighted by Crippen LogP contribution is -2.31. The number of thiophene rings is 1. The predicted molar refractivity (Wildman–Crippen MR) is 112 cm³/mol. The van der Waals surface area contributed by atoms with Crippen LogP contribution in [0.15, 0.2) is 27.6 Å². The summed E-state index contributed by atoms with van der Waals surface area (Å²) in [4.78, 5) is 35.1. The number of aryl methyl sites for hydroxylation is 1. The van der Waals surface area contributed by atoms with E-state index in [9.17, 15) is 14.7 Å². The number of aromatic amines is 1. The summed E-state index contributed by atoms with van der Waals surface area (Å²) >= 11 is 1.13. The second-order valence-electron chi connectivity index (χ2n) is 6.98. The Morgan fingerprint density at radius 1 is 1.40 bits per heavy atom. The molecular formula is C20H25N3O6S. The quantitative estimate of drug-likeness (QED) is 0.367. The van der Waals surface area contributed by atoms with Crippen molar-refractivity contribution < 1.29 is 23.8 Å². The SMILES string of the molecule is COCCOC(=O)c1sc2nc(CN(Cc3ccco3)CC(C)O)[nH]c(=O)c2c1C. The van der Waals surface area contributed by atoms with Crippen LogP contribution in [-0.2, 0) is 22.6 Å². The first-order chi connectivity index (χ1) is 14.4. The predicted octanol–water partition coefficient (Wildman–Crippen LogP) is 2.07. The number of furan rings is 1. The Hall–Kier alpha value is -2.53. The zero-order valence-electron chi connectivity index (χ0n) is 17.1. The number of hydrogen-bond acceptors (Lipinski definition) is 9. The second-order valence-corrected chi connectivity index (χ2v) is 7.97. The Balaban J connectivity index is 1.85. The third-order valence-corrected chi connectivity index (χ3v) is 5.58. The number of rotatable bonds is 10. The molecule has 1 unspecified atom stereocenters. The van der Waals surface area contributed by atoms with Gasteiger partial charge < -0.3 is 24.0 Å². The summed E-state index contributed by atoms with van der Waals surface area (Å²) in [6, 6.07) is 3.64. The molecule has 3 aromatic rings. The van der Waals surface area contributed by atoms with E-state index in [1.165, 1.54) is 7.11 Å². The fourth-order valence-electron chi connectivity index (χ4n) is 3.13. The van der Waals surface area contributed by atoms with Crippen molar-refractivity contribution in [3.63, 3.8) is 0 Å². The van der Waals surface area contributed by atoms with E-state index in [-0.39, 0.29) is 12.2 Å². The molecule has 2 N–H and O–H groups in total. The van der Waals surface area contributed by atoms with Crippen molar-refractivity contribution in [2.24, 2.45) is 0 Å². The molecule has 30 heavy (non-hydrogen) atoms. The Morgan fingerprint density at radius 2 is 2.20 bits per heavy atom. The number of carbonyl (C=O) groups excluding carboxylic acids is 1. The normalized spacial score (nSPS) is 12.6. The minimum absolute atomic E-state index is 0.138. The number of nitrogens with zero attached hydrogens (tertiary/aromatic N) is 2. The van der Waals surface area contributed by atoms with Crippen LogP contribution in [0.25, 0.3) is 10.2 Å². The molecule has 162 valence electrons. The lowest BCUT2D eigenvalue weighted by molar-refractivity contribution is 0.0393. The Labute approximate surface area is 177 Å². The van der Waals surface area contributed by atoms with Crippen LogP contribution in [0.3, 0.4) is 0 Å². The lowest BCUT2D eigenvalue weighted by atomic mass is 10.2. The summed E-state index contributed by atoms with van der Waals surface area (Å²) in [7, 11) is 1.52. The molecule has 0 spiro atoms. The number of ether oxygens (including phenoxy) is 2. The van der Waals surface area contributed by atoms with Crippen LogP contribution < -0.4 is 5.56 Å². The fraction of sp³-hybridized carbons (Fsp3) is 0.450. The molecule has 0 aliphatic rings. The number of carbonyl (C=O) groups is 1. The highest BCUT2D eigenvalue weighted by atomic mass is 32.1. The van der Waals surface area contributed by atoms with Crippen molar-refractivity contribution in [1.29, 1.82) is 0 Å². The van der Waals surface area contributed by atoms with Gasteiger partial charge in [-0.3, -0.25) is 9.69 Å². The molecule has 3 rings (SSSR count). The van der Waals surface area contributed by atoms with Gasteiger partial charge in [0.05, 0.1) is 37.4 Å². The number of hydrogen-bond donors (Lipinski definition) is 2. The van der Waals surface area contributed by atoms with E-state index >= 15 is 0 Å². The molecule has 3 heterocycles. The first kappa shape index (κ1) is 22.2. The van der Waals surface area contributed by atoms with Crippen molar-refractivity contribution in [2.75, 3.05) is 26.9 Å². The second kappa shape index (κ2) is 9.98. The highest BCUT2D eigenvalue weighted by molar-refractivity contribution is 7.20. The van der Waals surface area contributed by atoms with E-state index in [0.29, 0.717) is 52.7 Å². The third-order valence-electron chi connectivity index (χ3n) is 4.41. The van der Waals surface area contributed by atoms with Gasteiger partial charge in [0.25, 0.3) is 5.56 Å². The highest BCUT2D eigenvalue weighted by Crippen LogP contribution is 2.27. The molecule has 0 aromatic carbocycles. The summed E-state index contributed by atoms with van der Waals surface area (Å²) in [5, 5.41) is 10.2. The lowest BCUT2D eigenvalue weighted by Gasteiger charge is -2.22. The molecule has 1 atom stereocenters. The average molecular weight is 436 g/mol. The molecule has 0 aliphatic heterocycles. The van der Waals surface area contributed by atoms with Gasteiger partial charge in [0, 0.05) is 13.7 Å². The van der Waals surface area contributed by atoms with E-state index in [2.05, 4.69) is 9.97 Å². The van der Waals surface area contributed by atoms with Gasteiger partial charge in [0.2, 0.25) is 0 Å². The fourth-order valence-corrected chi connectivity index (χ4v) is 4.23. The number of fused-ring (bicyclic) bond motifs is 1. The standard InChI is InChI=1S/C20H25N3O6S/c1-12(24)9-23(10-14-5-4-6-28-14)11-15-21-18(25)16-13(2)17(30-19(16)22-15)20(26)29-8-7-27-3/h4-6,12,24H,7-11H2,1-3H3,(H,21,22,25). The zero-order valence-corrected chi connectivity index (χ0v) is 18.0. The van der Waals surface area contributed by atoms with Crippen molar-refractivity contribution in [2.45, 2.75) is 33.0 Å². The van der Waals surface area contributed by atoms with Gasteiger partial charge in [0.15, 0.2) is 0 Å². The summed E-state index contributed by atoms with van der Waals surface area (Å²) < 4.78 is 15.4. The molecule has 0 fully saturated rings. The average Bonchev–Trinajstić information content (AvgIpc) is 3.29. The van der Waals surface area contributed by atoms with Gasteiger partial charge in [-0.1, -0.05) is 0 Å². The first-order valence-corrected chi connectivity index (χ1v) is 10.3.